The highest BCUT2D eigenvalue weighted by atomic mass is 35.5. The first-order valence-electron chi connectivity index (χ1n) is 5.03. The second-order valence-electron chi connectivity index (χ2n) is 4.21. The number of carbonyl (C=O) groups is 1. The van der Waals surface area contributed by atoms with Crippen molar-refractivity contribution in [1.82, 2.24) is 5.32 Å². The Bertz CT molecular complexity index is 325. The molecule has 0 saturated heterocycles. The molecular formula is C11H19ClN2OS. The molecule has 0 unspecified atom stereocenters. The lowest BCUT2D eigenvalue weighted by Gasteiger charge is -2.24. The summed E-state index contributed by atoms with van der Waals surface area (Å²) in [5.41, 5.74) is 5.00. The SMILES string of the molecule is C[C@H](CN)NC(=O)C(C)(C)c1cccs1.Cl. The van der Waals surface area contributed by atoms with Crippen molar-refractivity contribution in [3.8, 4) is 0 Å². The number of nitrogens with two attached hydrogens (primary N) is 1. The molecule has 1 heterocycles. The minimum Gasteiger partial charge on any atom is -0.352 e. The molecule has 0 bridgehead atoms. The van der Waals surface area contributed by atoms with Crippen LogP contribution in [0.15, 0.2) is 17.5 Å². The van der Waals surface area contributed by atoms with Crippen molar-refractivity contribution in [3.05, 3.63) is 22.4 Å². The predicted octanol–water partition coefficient (Wildman–Crippen LogP) is 1.91. The van der Waals surface area contributed by atoms with Crippen molar-refractivity contribution >= 4 is 29.7 Å². The highest BCUT2D eigenvalue weighted by molar-refractivity contribution is 7.10. The van der Waals surface area contributed by atoms with Gasteiger partial charge in [0.05, 0.1) is 5.41 Å². The van der Waals surface area contributed by atoms with Gasteiger partial charge in [0.15, 0.2) is 0 Å². The number of amides is 1. The zero-order chi connectivity index (χ0) is 11.5. The predicted molar refractivity (Wildman–Crippen MR) is 71.3 cm³/mol. The fourth-order valence-corrected chi connectivity index (χ4v) is 2.06. The van der Waals surface area contributed by atoms with Crippen molar-refractivity contribution < 1.29 is 4.79 Å². The second kappa shape index (κ2) is 6.23. The van der Waals surface area contributed by atoms with Crippen LogP contribution in [0.3, 0.4) is 0 Å². The number of rotatable bonds is 4. The lowest BCUT2D eigenvalue weighted by molar-refractivity contribution is -0.126. The third kappa shape index (κ3) is 3.47. The number of hydrogen-bond acceptors (Lipinski definition) is 3. The minimum atomic E-state index is -0.475. The largest absolute Gasteiger partial charge is 0.352 e. The van der Waals surface area contributed by atoms with E-state index in [1.54, 1.807) is 11.3 Å². The molecule has 1 amide bonds. The Hall–Kier alpha value is -0.580. The molecule has 0 aromatic carbocycles. The first kappa shape index (κ1) is 15.4. The number of carbonyl (C=O) groups excluding carboxylic acids is 1. The molecule has 5 heteroatoms. The van der Waals surface area contributed by atoms with Gasteiger partial charge in [-0.2, -0.15) is 0 Å². The lowest BCUT2D eigenvalue weighted by Crippen LogP contribution is -2.46. The number of thiophene rings is 1. The summed E-state index contributed by atoms with van der Waals surface area (Å²) in [6.45, 7) is 6.23. The Balaban J connectivity index is 0.00000225. The van der Waals surface area contributed by atoms with Crippen molar-refractivity contribution in [2.24, 2.45) is 5.73 Å². The smallest absolute Gasteiger partial charge is 0.231 e. The van der Waals surface area contributed by atoms with Crippen molar-refractivity contribution in [1.29, 1.82) is 0 Å². The van der Waals surface area contributed by atoms with E-state index >= 15 is 0 Å². The van der Waals surface area contributed by atoms with Gasteiger partial charge in [0.1, 0.15) is 0 Å². The van der Waals surface area contributed by atoms with Gasteiger partial charge in [-0.3, -0.25) is 4.79 Å². The maximum absolute atomic E-state index is 12.0. The van der Waals surface area contributed by atoms with E-state index in [0.717, 1.165) is 4.88 Å². The van der Waals surface area contributed by atoms with E-state index in [9.17, 15) is 4.79 Å². The summed E-state index contributed by atoms with van der Waals surface area (Å²) < 4.78 is 0. The summed E-state index contributed by atoms with van der Waals surface area (Å²) in [5, 5.41) is 4.88. The Morgan fingerprint density at radius 1 is 1.62 bits per heavy atom. The Morgan fingerprint density at radius 2 is 2.25 bits per heavy atom. The average molecular weight is 263 g/mol. The molecule has 1 aromatic heterocycles. The Morgan fingerprint density at radius 3 is 2.69 bits per heavy atom. The van der Waals surface area contributed by atoms with Gasteiger partial charge >= 0.3 is 0 Å². The topological polar surface area (TPSA) is 55.1 Å². The van der Waals surface area contributed by atoms with Crippen LogP contribution in [-0.4, -0.2) is 18.5 Å². The highest BCUT2D eigenvalue weighted by Crippen LogP contribution is 2.27. The van der Waals surface area contributed by atoms with E-state index in [0.29, 0.717) is 6.54 Å². The zero-order valence-corrected chi connectivity index (χ0v) is 11.5. The lowest BCUT2D eigenvalue weighted by atomic mass is 9.90. The average Bonchev–Trinajstić information content (AvgIpc) is 2.70. The summed E-state index contributed by atoms with van der Waals surface area (Å²) >= 11 is 1.60. The quantitative estimate of drug-likeness (QED) is 0.871. The molecule has 0 aliphatic carbocycles. The molecule has 92 valence electrons. The van der Waals surface area contributed by atoms with Crippen LogP contribution in [0.5, 0.6) is 0 Å². The fraction of sp³-hybridized carbons (Fsp3) is 0.545. The minimum absolute atomic E-state index is 0. The molecule has 0 spiro atoms. The molecule has 1 atom stereocenters. The summed E-state index contributed by atoms with van der Waals surface area (Å²) in [7, 11) is 0. The third-order valence-electron chi connectivity index (χ3n) is 2.44. The maximum Gasteiger partial charge on any atom is 0.231 e. The van der Waals surface area contributed by atoms with E-state index in [1.807, 2.05) is 38.3 Å². The summed E-state index contributed by atoms with van der Waals surface area (Å²) in [6.07, 6.45) is 0. The van der Waals surface area contributed by atoms with E-state index in [4.69, 9.17) is 5.73 Å². The van der Waals surface area contributed by atoms with Gasteiger partial charge in [-0.15, -0.1) is 23.7 Å². The molecule has 3 nitrogen and oxygen atoms in total. The summed E-state index contributed by atoms with van der Waals surface area (Å²) in [6, 6.07) is 3.97. The molecule has 0 saturated carbocycles. The molecule has 16 heavy (non-hydrogen) atoms. The van der Waals surface area contributed by atoms with E-state index in [-0.39, 0.29) is 24.4 Å². The van der Waals surface area contributed by atoms with Crippen LogP contribution in [0.25, 0.3) is 0 Å². The summed E-state index contributed by atoms with van der Waals surface area (Å²) in [5.74, 6) is 0.0305. The van der Waals surface area contributed by atoms with Gasteiger partial charge in [0, 0.05) is 17.5 Å². The van der Waals surface area contributed by atoms with Crippen molar-refractivity contribution in [2.45, 2.75) is 32.2 Å². The molecular weight excluding hydrogens is 244 g/mol. The normalized spacial score (nSPS) is 12.8. The molecule has 0 fully saturated rings. The van der Waals surface area contributed by atoms with Gasteiger partial charge in [-0.1, -0.05) is 6.07 Å². The van der Waals surface area contributed by atoms with Crippen LogP contribution in [0.4, 0.5) is 0 Å². The van der Waals surface area contributed by atoms with Gasteiger partial charge in [-0.05, 0) is 32.2 Å². The van der Waals surface area contributed by atoms with Crippen molar-refractivity contribution in [2.75, 3.05) is 6.54 Å². The van der Waals surface area contributed by atoms with Gasteiger partial charge in [0.25, 0.3) is 0 Å². The van der Waals surface area contributed by atoms with Crippen molar-refractivity contribution in [3.63, 3.8) is 0 Å². The Kier molecular flexibility index (Phi) is 6.00. The number of nitrogens with one attached hydrogen (secondary N) is 1. The van der Waals surface area contributed by atoms with Crippen LogP contribution >= 0.6 is 23.7 Å². The van der Waals surface area contributed by atoms with Crippen LogP contribution in [0.2, 0.25) is 0 Å². The highest BCUT2D eigenvalue weighted by Gasteiger charge is 2.31. The van der Waals surface area contributed by atoms with Crippen LogP contribution in [-0.2, 0) is 10.2 Å². The second-order valence-corrected chi connectivity index (χ2v) is 5.16. The molecule has 0 aliphatic heterocycles. The number of hydrogen-bond donors (Lipinski definition) is 2. The monoisotopic (exact) mass is 262 g/mol. The summed E-state index contributed by atoms with van der Waals surface area (Å²) in [4.78, 5) is 13.0. The van der Waals surface area contributed by atoms with Gasteiger partial charge < -0.3 is 11.1 Å². The standard InChI is InChI=1S/C11H18N2OS.ClH/c1-8(7-12)13-10(14)11(2,3)9-5-4-6-15-9;/h4-6,8H,7,12H2,1-3H3,(H,13,14);1H/t8-;/m1./s1. The molecule has 0 aliphatic rings. The van der Waals surface area contributed by atoms with E-state index in [2.05, 4.69) is 5.32 Å². The van der Waals surface area contributed by atoms with E-state index < -0.39 is 5.41 Å². The maximum atomic E-state index is 12.0. The Labute approximate surface area is 107 Å². The first-order chi connectivity index (χ1) is 6.98. The van der Waals surface area contributed by atoms with Gasteiger partial charge in [0.2, 0.25) is 5.91 Å². The molecule has 1 rings (SSSR count). The fourth-order valence-electron chi connectivity index (χ4n) is 1.21. The van der Waals surface area contributed by atoms with Crippen LogP contribution in [0.1, 0.15) is 25.6 Å². The third-order valence-corrected chi connectivity index (χ3v) is 3.63. The number of halogens is 1. The molecule has 3 N–H and O–H groups in total. The molecule has 0 radical (unpaired) electrons. The first-order valence-corrected chi connectivity index (χ1v) is 5.91. The van der Waals surface area contributed by atoms with E-state index in [1.165, 1.54) is 0 Å². The van der Waals surface area contributed by atoms with Crippen LogP contribution in [0, 0.1) is 0 Å². The van der Waals surface area contributed by atoms with Crippen LogP contribution < -0.4 is 11.1 Å². The zero-order valence-electron chi connectivity index (χ0n) is 9.82. The van der Waals surface area contributed by atoms with Gasteiger partial charge in [-0.25, -0.2) is 0 Å². The molecule has 1 aromatic rings.